The highest BCUT2D eigenvalue weighted by molar-refractivity contribution is 6.09. The standard InChI is InChI=1S/C19H18N2O5/c1-2-17(24)20-9-10-21-19(26)13-5-3-12(4-6-13)18(25)14-7-8-15(22)16(23)11-14/h2-8,11,22-23H,1,9-10H2,(H,20,24)(H,21,26). The molecule has 26 heavy (non-hydrogen) atoms. The van der Waals surface area contributed by atoms with Gasteiger partial charge in [-0.3, -0.25) is 14.4 Å². The number of aromatic hydroxyl groups is 2. The lowest BCUT2D eigenvalue weighted by Gasteiger charge is -2.07. The molecule has 2 amide bonds. The van der Waals surface area contributed by atoms with Gasteiger partial charge in [-0.1, -0.05) is 18.7 Å². The molecule has 2 aromatic rings. The Bertz CT molecular complexity index is 844. The van der Waals surface area contributed by atoms with Crippen molar-refractivity contribution in [1.29, 1.82) is 0 Å². The van der Waals surface area contributed by atoms with Crippen molar-refractivity contribution in [3.63, 3.8) is 0 Å². The molecular weight excluding hydrogens is 336 g/mol. The molecular formula is C19H18N2O5. The summed E-state index contributed by atoms with van der Waals surface area (Å²) in [5, 5.41) is 23.9. The van der Waals surface area contributed by atoms with E-state index in [0.717, 1.165) is 6.08 Å². The van der Waals surface area contributed by atoms with Crippen LogP contribution in [0.15, 0.2) is 55.1 Å². The first kappa shape index (κ1) is 18.7. The number of rotatable bonds is 7. The van der Waals surface area contributed by atoms with Crippen LogP contribution in [-0.4, -0.2) is 40.9 Å². The van der Waals surface area contributed by atoms with Crippen LogP contribution in [0.5, 0.6) is 11.5 Å². The fourth-order valence-corrected chi connectivity index (χ4v) is 2.14. The number of hydrogen-bond acceptors (Lipinski definition) is 5. The molecule has 0 fully saturated rings. The van der Waals surface area contributed by atoms with Crippen molar-refractivity contribution in [3.8, 4) is 11.5 Å². The molecule has 0 heterocycles. The highest BCUT2D eigenvalue weighted by Crippen LogP contribution is 2.26. The first-order chi connectivity index (χ1) is 12.4. The quantitative estimate of drug-likeness (QED) is 0.259. The van der Waals surface area contributed by atoms with E-state index in [0.29, 0.717) is 11.1 Å². The van der Waals surface area contributed by atoms with Crippen LogP contribution >= 0.6 is 0 Å². The molecule has 7 nitrogen and oxygen atoms in total. The Hall–Kier alpha value is -3.61. The molecule has 0 aliphatic heterocycles. The third-order valence-corrected chi connectivity index (χ3v) is 3.54. The third kappa shape index (κ3) is 4.70. The second-order valence-electron chi connectivity index (χ2n) is 5.36. The maximum Gasteiger partial charge on any atom is 0.251 e. The maximum absolute atomic E-state index is 12.4. The molecule has 0 aliphatic rings. The molecule has 0 unspecified atom stereocenters. The third-order valence-electron chi connectivity index (χ3n) is 3.54. The lowest BCUT2D eigenvalue weighted by atomic mass is 10.0. The zero-order valence-electron chi connectivity index (χ0n) is 13.9. The van der Waals surface area contributed by atoms with Crippen LogP contribution in [0.4, 0.5) is 0 Å². The summed E-state index contributed by atoms with van der Waals surface area (Å²) >= 11 is 0. The van der Waals surface area contributed by atoms with E-state index < -0.39 is 0 Å². The van der Waals surface area contributed by atoms with Gasteiger partial charge in [-0.2, -0.15) is 0 Å². The zero-order valence-corrected chi connectivity index (χ0v) is 13.9. The SMILES string of the molecule is C=CC(=O)NCCNC(=O)c1ccc(C(=O)c2ccc(O)c(O)c2)cc1. The summed E-state index contributed by atoms with van der Waals surface area (Å²) in [5.74, 6) is -1.69. The van der Waals surface area contributed by atoms with Gasteiger partial charge in [-0.25, -0.2) is 0 Å². The van der Waals surface area contributed by atoms with Gasteiger partial charge in [0.25, 0.3) is 5.91 Å². The van der Waals surface area contributed by atoms with Gasteiger partial charge >= 0.3 is 0 Å². The van der Waals surface area contributed by atoms with E-state index in [1.54, 1.807) is 0 Å². The highest BCUT2D eigenvalue weighted by Gasteiger charge is 2.12. The summed E-state index contributed by atoms with van der Waals surface area (Å²) < 4.78 is 0. The van der Waals surface area contributed by atoms with Gasteiger partial charge in [-0.15, -0.1) is 0 Å². The number of carbonyl (C=O) groups is 3. The fraction of sp³-hybridized carbons (Fsp3) is 0.105. The van der Waals surface area contributed by atoms with E-state index in [-0.39, 0.29) is 47.7 Å². The second-order valence-corrected chi connectivity index (χ2v) is 5.36. The number of phenols is 2. The molecule has 0 saturated carbocycles. The van der Waals surface area contributed by atoms with E-state index in [1.807, 2.05) is 0 Å². The van der Waals surface area contributed by atoms with E-state index in [4.69, 9.17) is 0 Å². The minimum atomic E-state index is -0.379. The second kappa shape index (κ2) is 8.48. The molecule has 0 spiro atoms. The minimum Gasteiger partial charge on any atom is -0.504 e. The summed E-state index contributed by atoms with van der Waals surface area (Å²) in [6.45, 7) is 3.85. The Morgan fingerprint density at radius 2 is 1.42 bits per heavy atom. The monoisotopic (exact) mass is 354 g/mol. The molecule has 0 aliphatic carbocycles. The van der Waals surface area contributed by atoms with E-state index >= 15 is 0 Å². The largest absolute Gasteiger partial charge is 0.504 e. The number of benzene rings is 2. The van der Waals surface area contributed by atoms with Crippen LogP contribution in [0.2, 0.25) is 0 Å². The van der Waals surface area contributed by atoms with Crippen molar-refractivity contribution in [2.24, 2.45) is 0 Å². The predicted octanol–water partition coefficient (Wildman–Crippen LogP) is 1.36. The number of carbonyl (C=O) groups excluding carboxylic acids is 3. The van der Waals surface area contributed by atoms with Gasteiger partial charge in [0, 0.05) is 29.8 Å². The van der Waals surface area contributed by atoms with E-state index in [9.17, 15) is 24.6 Å². The Kier molecular flexibility index (Phi) is 6.10. The van der Waals surface area contributed by atoms with Crippen LogP contribution in [0, 0.1) is 0 Å². The van der Waals surface area contributed by atoms with Gasteiger partial charge in [0.1, 0.15) is 0 Å². The molecule has 0 aromatic heterocycles. The molecule has 7 heteroatoms. The van der Waals surface area contributed by atoms with Crippen LogP contribution in [0.25, 0.3) is 0 Å². The molecule has 2 aromatic carbocycles. The van der Waals surface area contributed by atoms with Crippen LogP contribution in [0.1, 0.15) is 26.3 Å². The summed E-state index contributed by atoms with van der Waals surface area (Å²) in [5.41, 5.74) is 0.922. The normalized spacial score (nSPS) is 10.0. The van der Waals surface area contributed by atoms with Crippen molar-refractivity contribution in [2.75, 3.05) is 13.1 Å². The molecule has 0 radical (unpaired) electrons. The zero-order chi connectivity index (χ0) is 19.1. The minimum absolute atomic E-state index is 0.218. The van der Waals surface area contributed by atoms with Crippen LogP contribution in [-0.2, 0) is 4.79 Å². The van der Waals surface area contributed by atoms with E-state index in [1.165, 1.54) is 42.5 Å². The highest BCUT2D eigenvalue weighted by atomic mass is 16.3. The smallest absolute Gasteiger partial charge is 0.251 e. The Balaban J connectivity index is 1.97. The fourth-order valence-electron chi connectivity index (χ4n) is 2.14. The summed E-state index contributed by atoms with van der Waals surface area (Å²) in [6, 6.07) is 9.82. The topological polar surface area (TPSA) is 116 Å². The Morgan fingerprint density at radius 3 is 2.04 bits per heavy atom. The molecule has 134 valence electrons. The molecule has 0 bridgehead atoms. The molecule has 2 rings (SSSR count). The number of phenolic OH excluding ortho intramolecular Hbond substituents is 2. The van der Waals surface area contributed by atoms with Crippen molar-refractivity contribution in [3.05, 3.63) is 71.8 Å². The first-order valence-electron chi connectivity index (χ1n) is 7.77. The van der Waals surface area contributed by atoms with Crippen LogP contribution in [0.3, 0.4) is 0 Å². The Labute approximate surface area is 150 Å². The molecule has 4 N–H and O–H groups in total. The lowest BCUT2D eigenvalue weighted by Crippen LogP contribution is -2.33. The van der Waals surface area contributed by atoms with Gasteiger partial charge in [0.05, 0.1) is 0 Å². The molecule has 0 atom stereocenters. The average Bonchev–Trinajstić information content (AvgIpc) is 2.66. The van der Waals surface area contributed by atoms with Crippen molar-refractivity contribution in [2.45, 2.75) is 0 Å². The molecule has 0 saturated heterocycles. The number of amides is 2. The first-order valence-corrected chi connectivity index (χ1v) is 7.77. The summed E-state index contributed by atoms with van der Waals surface area (Å²) in [4.78, 5) is 35.3. The number of hydrogen-bond donors (Lipinski definition) is 4. The maximum atomic E-state index is 12.4. The number of ketones is 1. The van der Waals surface area contributed by atoms with Crippen molar-refractivity contribution in [1.82, 2.24) is 10.6 Å². The summed E-state index contributed by atoms with van der Waals surface area (Å²) in [7, 11) is 0. The Morgan fingerprint density at radius 1 is 0.846 bits per heavy atom. The van der Waals surface area contributed by atoms with Crippen LogP contribution < -0.4 is 10.6 Å². The lowest BCUT2D eigenvalue weighted by molar-refractivity contribution is -0.116. The summed E-state index contributed by atoms with van der Waals surface area (Å²) in [6.07, 6.45) is 1.14. The predicted molar refractivity (Wildman–Crippen MR) is 95.2 cm³/mol. The van der Waals surface area contributed by atoms with Gasteiger partial charge < -0.3 is 20.8 Å². The average molecular weight is 354 g/mol. The van der Waals surface area contributed by atoms with Crippen molar-refractivity contribution >= 4 is 17.6 Å². The van der Waals surface area contributed by atoms with Gasteiger partial charge in [0.15, 0.2) is 17.3 Å². The van der Waals surface area contributed by atoms with Gasteiger partial charge in [0.2, 0.25) is 5.91 Å². The van der Waals surface area contributed by atoms with Crippen molar-refractivity contribution < 1.29 is 24.6 Å². The number of nitrogens with one attached hydrogen (secondary N) is 2. The van der Waals surface area contributed by atoms with Gasteiger partial charge in [-0.05, 0) is 36.4 Å². The van der Waals surface area contributed by atoms with E-state index in [2.05, 4.69) is 17.2 Å².